The second kappa shape index (κ2) is 10.0. The maximum atomic E-state index is 12.9. The average molecular weight is 465 g/mol. The molecule has 7 nitrogen and oxygen atoms in total. The van der Waals surface area contributed by atoms with E-state index in [2.05, 4.69) is 15.6 Å². The molecule has 2 aliphatic rings. The third-order valence-corrected chi connectivity index (χ3v) is 6.52. The van der Waals surface area contributed by atoms with Crippen LogP contribution in [0.4, 0.5) is 10.6 Å². The summed E-state index contributed by atoms with van der Waals surface area (Å²) < 4.78 is 5.41. The number of halogens is 2. The topological polar surface area (TPSA) is 86.7 Å². The minimum Gasteiger partial charge on any atom is -0.394 e. The highest BCUT2D eigenvalue weighted by atomic mass is 35.5. The molecule has 2 aliphatic heterocycles. The molecule has 3 N–H and O–H groups in total. The van der Waals surface area contributed by atoms with Gasteiger partial charge in [0.1, 0.15) is 5.82 Å². The van der Waals surface area contributed by atoms with Crippen LogP contribution in [0.15, 0.2) is 30.5 Å². The lowest BCUT2D eigenvalue weighted by Gasteiger charge is -2.31. The molecule has 0 aliphatic carbocycles. The third kappa shape index (κ3) is 5.41. The Balaban J connectivity index is 1.41. The van der Waals surface area contributed by atoms with E-state index in [1.807, 2.05) is 12.3 Å². The summed E-state index contributed by atoms with van der Waals surface area (Å²) in [6.45, 7) is 2.37. The third-order valence-electron chi connectivity index (χ3n) is 5.78. The predicted molar refractivity (Wildman–Crippen MR) is 121 cm³/mol. The van der Waals surface area contributed by atoms with Crippen LogP contribution in [0.1, 0.15) is 35.6 Å². The Labute approximate surface area is 191 Å². The van der Waals surface area contributed by atoms with E-state index in [0.717, 1.165) is 49.4 Å². The van der Waals surface area contributed by atoms with Crippen LogP contribution in [-0.2, 0) is 17.7 Å². The summed E-state index contributed by atoms with van der Waals surface area (Å²) in [6, 6.07) is 6.67. The van der Waals surface area contributed by atoms with Crippen molar-refractivity contribution in [3.8, 4) is 0 Å². The van der Waals surface area contributed by atoms with Gasteiger partial charge < -0.3 is 25.4 Å². The standard InChI is InChI=1S/C22H26Cl2N4O3/c23-18-2-1-14(9-19(18)24)20(13-29)27-22(30)28-6-3-15-11-25-21(10-16(15)12-28)26-17-4-7-31-8-5-17/h1-2,9-11,17,20,29H,3-8,12-13H2,(H,25,26)(H,27,30). The highest BCUT2D eigenvalue weighted by molar-refractivity contribution is 6.42. The van der Waals surface area contributed by atoms with Gasteiger partial charge in [0.05, 0.1) is 22.7 Å². The number of carbonyl (C=O) groups is 1. The molecule has 1 aromatic heterocycles. The molecule has 1 fully saturated rings. The lowest BCUT2D eigenvalue weighted by Crippen LogP contribution is -2.44. The number of ether oxygens (including phenoxy) is 1. The van der Waals surface area contributed by atoms with Crippen molar-refractivity contribution in [2.24, 2.45) is 0 Å². The summed E-state index contributed by atoms with van der Waals surface area (Å²) in [5.41, 5.74) is 2.95. The minimum absolute atomic E-state index is 0.230. The Morgan fingerprint density at radius 3 is 2.77 bits per heavy atom. The molecule has 2 aromatic rings. The van der Waals surface area contributed by atoms with Crippen LogP contribution in [0.2, 0.25) is 10.0 Å². The van der Waals surface area contributed by atoms with E-state index >= 15 is 0 Å². The summed E-state index contributed by atoms with van der Waals surface area (Å²) in [5, 5.41) is 17.0. The number of rotatable bonds is 5. The summed E-state index contributed by atoms with van der Waals surface area (Å²) in [6.07, 6.45) is 4.57. The van der Waals surface area contributed by atoms with Gasteiger partial charge in [0.25, 0.3) is 0 Å². The molecule has 0 spiro atoms. The number of urea groups is 1. The average Bonchev–Trinajstić information content (AvgIpc) is 2.79. The molecule has 4 rings (SSSR count). The summed E-state index contributed by atoms with van der Waals surface area (Å²) in [4.78, 5) is 19.2. The SMILES string of the molecule is O=C(NC(CO)c1ccc(Cl)c(Cl)c1)N1CCc2cnc(NC3CCOCC3)cc2C1. The van der Waals surface area contributed by atoms with Crippen LogP contribution < -0.4 is 10.6 Å². The van der Waals surface area contributed by atoms with Crippen molar-refractivity contribution >= 4 is 35.1 Å². The number of aliphatic hydroxyl groups is 1. The van der Waals surface area contributed by atoms with E-state index in [-0.39, 0.29) is 12.6 Å². The number of nitrogens with zero attached hydrogens (tertiary/aromatic N) is 2. The normalized spacial score (nSPS) is 17.7. The molecule has 2 amide bonds. The van der Waals surface area contributed by atoms with Crippen molar-refractivity contribution in [2.45, 2.75) is 37.9 Å². The predicted octanol–water partition coefficient (Wildman–Crippen LogP) is 3.78. The number of carbonyl (C=O) groups excluding carboxylic acids is 1. The zero-order valence-corrected chi connectivity index (χ0v) is 18.6. The van der Waals surface area contributed by atoms with Gasteiger partial charge in [0, 0.05) is 38.5 Å². The molecule has 3 heterocycles. The molecule has 0 bridgehead atoms. The fourth-order valence-corrected chi connectivity index (χ4v) is 4.25. The van der Waals surface area contributed by atoms with Crippen molar-refractivity contribution in [1.29, 1.82) is 0 Å². The van der Waals surface area contributed by atoms with Crippen LogP contribution in [0.5, 0.6) is 0 Å². The van der Waals surface area contributed by atoms with Crippen molar-refractivity contribution in [2.75, 3.05) is 31.7 Å². The van der Waals surface area contributed by atoms with Crippen molar-refractivity contribution in [3.05, 3.63) is 57.2 Å². The Hall–Kier alpha value is -2.06. The molecule has 1 unspecified atom stereocenters. The fraction of sp³-hybridized carbons (Fsp3) is 0.455. The molecule has 1 saturated heterocycles. The first-order chi connectivity index (χ1) is 15.0. The first-order valence-corrected chi connectivity index (χ1v) is 11.2. The van der Waals surface area contributed by atoms with Gasteiger partial charge in [-0.15, -0.1) is 0 Å². The summed E-state index contributed by atoms with van der Waals surface area (Å²) >= 11 is 12.1. The van der Waals surface area contributed by atoms with Gasteiger partial charge in [-0.3, -0.25) is 0 Å². The Bertz CT molecular complexity index is 937. The molecule has 1 aromatic carbocycles. The van der Waals surface area contributed by atoms with Gasteiger partial charge in [-0.05, 0) is 54.2 Å². The quantitative estimate of drug-likeness (QED) is 0.626. The maximum absolute atomic E-state index is 12.9. The molecular formula is C22H26Cl2N4O3. The second-order valence-corrected chi connectivity index (χ2v) is 8.71. The van der Waals surface area contributed by atoms with E-state index in [4.69, 9.17) is 27.9 Å². The minimum atomic E-state index is -0.563. The zero-order valence-electron chi connectivity index (χ0n) is 17.1. The Morgan fingerprint density at radius 1 is 1.23 bits per heavy atom. The van der Waals surface area contributed by atoms with Crippen molar-refractivity contribution in [1.82, 2.24) is 15.2 Å². The molecule has 1 atom stereocenters. The second-order valence-electron chi connectivity index (χ2n) is 7.90. The Morgan fingerprint density at radius 2 is 2.03 bits per heavy atom. The Kier molecular flexibility index (Phi) is 7.17. The van der Waals surface area contributed by atoms with E-state index < -0.39 is 6.04 Å². The number of amides is 2. The van der Waals surface area contributed by atoms with Crippen LogP contribution >= 0.6 is 23.2 Å². The van der Waals surface area contributed by atoms with Crippen LogP contribution in [0, 0.1) is 0 Å². The van der Waals surface area contributed by atoms with Gasteiger partial charge in [-0.1, -0.05) is 29.3 Å². The van der Waals surface area contributed by atoms with E-state index in [0.29, 0.717) is 34.7 Å². The van der Waals surface area contributed by atoms with Crippen molar-refractivity contribution in [3.63, 3.8) is 0 Å². The number of nitrogens with one attached hydrogen (secondary N) is 2. The van der Waals surface area contributed by atoms with Gasteiger partial charge in [0.2, 0.25) is 0 Å². The van der Waals surface area contributed by atoms with Gasteiger partial charge >= 0.3 is 6.03 Å². The lowest BCUT2D eigenvalue weighted by atomic mass is 10.0. The van der Waals surface area contributed by atoms with Crippen LogP contribution in [0.25, 0.3) is 0 Å². The highest BCUT2D eigenvalue weighted by Crippen LogP contribution is 2.26. The zero-order chi connectivity index (χ0) is 21.8. The largest absolute Gasteiger partial charge is 0.394 e. The number of fused-ring (bicyclic) bond motifs is 1. The molecule has 0 radical (unpaired) electrons. The van der Waals surface area contributed by atoms with E-state index in [1.165, 1.54) is 0 Å². The summed E-state index contributed by atoms with van der Waals surface area (Å²) in [7, 11) is 0. The maximum Gasteiger partial charge on any atom is 0.318 e. The number of aliphatic hydroxyl groups excluding tert-OH is 1. The van der Waals surface area contributed by atoms with Crippen molar-refractivity contribution < 1.29 is 14.6 Å². The summed E-state index contributed by atoms with van der Waals surface area (Å²) in [5.74, 6) is 0.831. The molecule has 166 valence electrons. The van der Waals surface area contributed by atoms with E-state index in [1.54, 1.807) is 23.1 Å². The van der Waals surface area contributed by atoms with Gasteiger partial charge in [-0.25, -0.2) is 9.78 Å². The number of hydrogen-bond donors (Lipinski definition) is 3. The first-order valence-electron chi connectivity index (χ1n) is 10.5. The monoisotopic (exact) mass is 464 g/mol. The number of anilines is 1. The lowest BCUT2D eigenvalue weighted by molar-refractivity contribution is 0.0904. The highest BCUT2D eigenvalue weighted by Gasteiger charge is 2.24. The number of benzene rings is 1. The van der Waals surface area contributed by atoms with Crippen LogP contribution in [0.3, 0.4) is 0 Å². The number of aromatic nitrogens is 1. The smallest absolute Gasteiger partial charge is 0.318 e. The number of pyridine rings is 1. The number of hydrogen-bond acceptors (Lipinski definition) is 5. The van der Waals surface area contributed by atoms with Gasteiger partial charge in [0.15, 0.2) is 0 Å². The molecule has 0 saturated carbocycles. The fourth-order valence-electron chi connectivity index (χ4n) is 3.94. The van der Waals surface area contributed by atoms with Crippen LogP contribution in [-0.4, -0.2) is 53.4 Å². The molecule has 31 heavy (non-hydrogen) atoms. The molecule has 9 heteroatoms. The first kappa shape index (κ1) is 22.1. The molecular weight excluding hydrogens is 439 g/mol. The van der Waals surface area contributed by atoms with E-state index in [9.17, 15) is 9.90 Å². The van der Waals surface area contributed by atoms with Gasteiger partial charge in [-0.2, -0.15) is 0 Å².